The Labute approximate surface area is 187 Å². The number of pyridine rings is 2. The number of nitrogens with two attached hydrogens (primary N) is 1. The number of piperidine rings is 2. The van der Waals surface area contributed by atoms with E-state index in [0.29, 0.717) is 63.0 Å². The molecule has 4 heterocycles. The lowest BCUT2D eigenvalue weighted by Crippen LogP contribution is -2.54. The Balaban J connectivity index is 1.25. The van der Waals surface area contributed by atoms with Gasteiger partial charge < -0.3 is 15.4 Å². The highest BCUT2D eigenvalue weighted by molar-refractivity contribution is 5.85. The van der Waals surface area contributed by atoms with E-state index >= 15 is 4.39 Å². The van der Waals surface area contributed by atoms with Gasteiger partial charge in [-0.3, -0.25) is 9.69 Å². The van der Waals surface area contributed by atoms with E-state index in [9.17, 15) is 4.79 Å². The summed E-state index contributed by atoms with van der Waals surface area (Å²) < 4.78 is 21.4. The first-order chi connectivity index (χ1) is 15.4. The minimum Gasteiger partial charge on any atom is -0.474 e. The quantitative estimate of drug-likeness (QED) is 0.722. The number of halogens is 1. The first-order valence-corrected chi connectivity index (χ1v) is 10.9. The number of anilines is 1. The molecule has 0 saturated carbocycles. The van der Waals surface area contributed by atoms with Gasteiger partial charge in [-0.2, -0.15) is 0 Å². The van der Waals surface area contributed by atoms with Gasteiger partial charge in [0.05, 0.1) is 6.57 Å². The lowest BCUT2D eigenvalue weighted by molar-refractivity contribution is -0.149. The molecule has 0 atom stereocenters. The number of carbonyl (C=O) groups is 1. The fourth-order valence-corrected chi connectivity index (χ4v) is 4.27. The number of carbonyl (C=O) groups excluding carboxylic acids is 1. The molecule has 9 heteroatoms. The van der Waals surface area contributed by atoms with Crippen molar-refractivity contribution in [3.05, 3.63) is 53.6 Å². The zero-order valence-corrected chi connectivity index (χ0v) is 17.9. The molecule has 2 aliphatic rings. The minimum atomic E-state index is -1.81. The maximum absolute atomic E-state index is 15.5. The van der Waals surface area contributed by atoms with Crippen LogP contribution in [0.4, 0.5) is 15.9 Å². The van der Waals surface area contributed by atoms with E-state index in [2.05, 4.69) is 19.7 Å². The van der Waals surface area contributed by atoms with Gasteiger partial charge in [0.15, 0.2) is 5.67 Å². The molecule has 4 rings (SSSR count). The molecular formula is C23H27FN6O2. The molecule has 2 N–H and O–H groups in total. The Hall–Kier alpha value is -3.25. The zero-order chi connectivity index (χ0) is 22.6. The molecule has 0 radical (unpaired) electrons. The molecule has 32 heavy (non-hydrogen) atoms. The zero-order valence-electron chi connectivity index (χ0n) is 17.9. The number of aromatic nitrogens is 2. The minimum absolute atomic E-state index is 0.0736. The normalized spacial score (nSPS) is 19.3. The van der Waals surface area contributed by atoms with Gasteiger partial charge in [-0.25, -0.2) is 19.2 Å². The number of rotatable bonds is 5. The monoisotopic (exact) mass is 438 g/mol. The number of alkyl halides is 1. The molecule has 168 valence electrons. The van der Waals surface area contributed by atoms with Crippen molar-refractivity contribution in [3.63, 3.8) is 0 Å². The van der Waals surface area contributed by atoms with Crippen molar-refractivity contribution in [1.82, 2.24) is 19.8 Å². The van der Waals surface area contributed by atoms with Crippen molar-refractivity contribution >= 4 is 17.4 Å². The number of likely N-dealkylation sites (tertiary alicyclic amines) is 2. The molecule has 2 aromatic rings. The van der Waals surface area contributed by atoms with Gasteiger partial charge >= 0.3 is 0 Å². The summed E-state index contributed by atoms with van der Waals surface area (Å²) in [6.07, 6.45) is 4.72. The molecule has 0 bridgehead atoms. The Morgan fingerprint density at radius 3 is 2.59 bits per heavy atom. The van der Waals surface area contributed by atoms with Crippen LogP contribution < -0.4 is 10.5 Å². The number of nitrogens with zero attached hydrogens (tertiary/aromatic N) is 5. The fourth-order valence-electron chi connectivity index (χ4n) is 4.27. The predicted octanol–water partition coefficient (Wildman–Crippen LogP) is 2.98. The molecule has 2 aromatic heterocycles. The lowest BCUT2D eigenvalue weighted by atomic mass is 9.90. The second-order valence-electron chi connectivity index (χ2n) is 8.41. The van der Waals surface area contributed by atoms with E-state index in [0.717, 1.165) is 5.56 Å². The van der Waals surface area contributed by atoms with Gasteiger partial charge in [0.1, 0.15) is 11.9 Å². The Morgan fingerprint density at radius 1 is 1.22 bits per heavy atom. The van der Waals surface area contributed by atoms with Crippen LogP contribution in [0.1, 0.15) is 31.2 Å². The second kappa shape index (κ2) is 9.49. The third-order valence-electron chi connectivity index (χ3n) is 6.15. The highest BCUT2D eigenvalue weighted by Gasteiger charge is 2.44. The summed E-state index contributed by atoms with van der Waals surface area (Å²) in [7, 11) is 0. The van der Waals surface area contributed by atoms with Crippen LogP contribution in [0.15, 0.2) is 36.7 Å². The van der Waals surface area contributed by atoms with Gasteiger partial charge in [0.2, 0.25) is 11.6 Å². The fraction of sp³-hybridized carbons (Fsp3) is 0.478. The summed E-state index contributed by atoms with van der Waals surface area (Å²) in [5, 5.41) is 0. The van der Waals surface area contributed by atoms with Crippen LogP contribution >= 0.6 is 0 Å². The smallest absolute Gasteiger partial charge is 0.260 e. The Morgan fingerprint density at radius 2 is 1.97 bits per heavy atom. The van der Waals surface area contributed by atoms with Crippen LogP contribution in [0.2, 0.25) is 0 Å². The number of ether oxygens (including phenoxy) is 1. The standard InChI is InChI=1S/C23H27FN6O2/c1-26-18-2-3-21(28-15-18)32-19-5-10-30(11-6-19)22(31)23(24)7-12-29(13-8-23)16-17-4-9-27-20(25)14-17/h2-4,9,14-15,19H,5-8,10-13,16H2,(H2,25,27). The summed E-state index contributed by atoms with van der Waals surface area (Å²) in [6.45, 7) is 9.62. The largest absolute Gasteiger partial charge is 0.474 e. The van der Waals surface area contributed by atoms with Crippen LogP contribution in [0.25, 0.3) is 4.85 Å². The lowest BCUT2D eigenvalue weighted by Gasteiger charge is -2.40. The van der Waals surface area contributed by atoms with Crippen molar-refractivity contribution in [2.75, 3.05) is 31.9 Å². The van der Waals surface area contributed by atoms with Crippen LogP contribution in [-0.4, -0.2) is 63.6 Å². The SMILES string of the molecule is [C-]#[N+]c1ccc(OC2CCN(C(=O)C3(F)CCN(Cc4ccnc(N)c4)CC3)CC2)nc1. The van der Waals surface area contributed by atoms with Crippen LogP contribution in [0, 0.1) is 6.57 Å². The summed E-state index contributed by atoms with van der Waals surface area (Å²) >= 11 is 0. The number of nitrogen functional groups attached to an aromatic ring is 1. The molecule has 1 amide bonds. The molecule has 0 unspecified atom stereocenters. The highest BCUT2D eigenvalue weighted by atomic mass is 19.1. The highest BCUT2D eigenvalue weighted by Crippen LogP contribution is 2.31. The first-order valence-electron chi connectivity index (χ1n) is 10.9. The summed E-state index contributed by atoms with van der Waals surface area (Å²) in [4.78, 5) is 28.2. The third-order valence-corrected chi connectivity index (χ3v) is 6.15. The van der Waals surface area contributed by atoms with Gasteiger partial charge in [-0.05, 0) is 29.8 Å². The van der Waals surface area contributed by atoms with E-state index in [1.807, 2.05) is 12.1 Å². The number of hydrogen-bond donors (Lipinski definition) is 1. The molecule has 2 saturated heterocycles. The van der Waals surface area contributed by atoms with E-state index in [-0.39, 0.29) is 18.9 Å². The van der Waals surface area contributed by atoms with Crippen molar-refractivity contribution < 1.29 is 13.9 Å². The van der Waals surface area contributed by atoms with Gasteiger partial charge in [-0.1, -0.05) is 0 Å². The number of hydrogen-bond acceptors (Lipinski definition) is 6. The van der Waals surface area contributed by atoms with Gasteiger partial charge in [-0.15, -0.1) is 0 Å². The summed E-state index contributed by atoms with van der Waals surface area (Å²) in [6, 6.07) is 7.06. The average molecular weight is 439 g/mol. The molecule has 2 aliphatic heterocycles. The topological polar surface area (TPSA) is 88.9 Å². The molecule has 0 aromatic carbocycles. The van der Waals surface area contributed by atoms with Crippen LogP contribution in [0.5, 0.6) is 5.88 Å². The average Bonchev–Trinajstić information content (AvgIpc) is 2.81. The van der Waals surface area contributed by atoms with Crippen molar-refractivity contribution in [2.24, 2.45) is 0 Å². The molecule has 2 fully saturated rings. The van der Waals surface area contributed by atoms with Crippen molar-refractivity contribution in [2.45, 2.75) is 44.0 Å². The Kier molecular flexibility index (Phi) is 6.51. The Bertz CT molecular complexity index is 977. The van der Waals surface area contributed by atoms with Crippen molar-refractivity contribution in [3.8, 4) is 5.88 Å². The number of amides is 1. The van der Waals surface area contributed by atoms with E-state index in [1.54, 1.807) is 23.2 Å². The maximum Gasteiger partial charge on any atom is 0.260 e. The maximum atomic E-state index is 15.5. The van der Waals surface area contributed by atoms with Gasteiger partial charge in [0.25, 0.3) is 5.91 Å². The molecule has 0 aliphatic carbocycles. The first kappa shape index (κ1) is 22.0. The third kappa shape index (κ3) is 5.14. The van der Waals surface area contributed by atoms with Crippen LogP contribution in [0.3, 0.4) is 0 Å². The molecular weight excluding hydrogens is 411 g/mol. The van der Waals surface area contributed by atoms with Crippen molar-refractivity contribution in [1.29, 1.82) is 0 Å². The van der Waals surface area contributed by atoms with Gasteiger partial charge in [0, 0.05) is 70.8 Å². The van der Waals surface area contributed by atoms with E-state index < -0.39 is 11.6 Å². The molecule has 8 nitrogen and oxygen atoms in total. The summed E-state index contributed by atoms with van der Waals surface area (Å²) in [5.74, 6) is 0.536. The second-order valence-corrected chi connectivity index (χ2v) is 8.41. The predicted molar refractivity (Wildman–Crippen MR) is 118 cm³/mol. The van der Waals surface area contributed by atoms with Crippen LogP contribution in [-0.2, 0) is 11.3 Å². The summed E-state index contributed by atoms with van der Waals surface area (Å²) in [5.41, 5.74) is 5.42. The molecule has 0 spiro atoms. The van der Waals surface area contributed by atoms with E-state index in [4.69, 9.17) is 17.0 Å². The van der Waals surface area contributed by atoms with E-state index in [1.165, 1.54) is 6.20 Å².